The van der Waals surface area contributed by atoms with E-state index in [1.165, 1.54) is 5.56 Å². The highest BCUT2D eigenvalue weighted by Crippen LogP contribution is 2.30. The van der Waals surface area contributed by atoms with Gasteiger partial charge >= 0.3 is 0 Å². The molecule has 174 valence electrons. The second-order valence-electron chi connectivity index (χ2n) is 9.83. The molecule has 0 saturated carbocycles. The van der Waals surface area contributed by atoms with Crippen molar-refractivity contribution in [3.8, 4) is 0 Å². The quantitative estimate of drug-likeness (QED) is 0.591. The molecule has 1 unspecified atom stereocenters. The Morgan fingerprint density at radius 1 is 1.16 bits per heavy atom. The van der Waals surface area contributed by atoms with Gasteiger partial charge in [-0.25, -0.2) is 0 Å². The number of amides is 3. The molecular formula is C25H36N4O3. The number of likely N-dealkylation sites (N-methyl/N-ethyl adjacent to an activating group) is 1. The highest BCUT2D eigenvalue weighted by Gasteiger charge is 2.41. The van der Waals surface area contributed by atoms with Crippen molar-refractivity contribution in [2.24, 2.45) is 5.41 Å². The lowest BCUT2D eigenvalue weighted by Crippen LogP contribution is -2.59. The molecule has 2 aliphatic rings. The molecule has 1 heterocycles. The molecule has 4 atom stereocenters. The van der Waals surface area contributed by atoms with Crippen LogP contribution in [0.3, 0.4) is 0 Å². The molecule has 3 N–H and O–H groups in total. The third-order valence-electron chi connectivity index (χ3n) is 6.42. The molecule has 7 nitrogen and oxygen atoms in total. The van der Waals surface area contributed by atoms with Crippen LogP contribution in [0.2, 0.25) is 0 Å². The molecule has 1 aliphatic carbocycles. The Hall–Kier alpha value is -2.67. The van der Waals surface area contributed by atoms with Crippen LogP contribution < -0.4 is 16.0 Å². The van der Waals surface area contributed by atoms with E-state index in [2.05, 4.69) is 28.1 Å². The van der Waals surface area contributed by atoms with E-state index in [-0.39, 0.29) is 23.8 Å². The molecule has 1 aromatic rings. The van der Waals surface area contributed by atoms with Crippen molar-refractivity contribution < 1.29 is 14.4 Å². The average molecular weight is 441 g/mol. The molecule has 0 aromatic heterocycles. The van der Waals surface area contributed by atoms with E-state index < -0.39 is 23.5 Å². The number of hydrogen-bond donors (Lipinski definition) is 3. The second-order valence-corrected chi connectivity index (χ2v) is 9.83. The van der Waals surface area contributed by atoms with Gasteiger partial charge in [-0.3, -0.25) is 14.4 Å². The molecule has 1 aliphatic heterocycles. The maximum atomic E-state index is 13.5. The maximum absolute atomic E-state index is 13.5. The minimum Gasteiger partial charge on any atom is -0.347 e. The third kappa shape index (κ3) is 5.21. The zero-order chi connectivity index (χ0) is 23.5. The van der Waals surface area contributed by atoms with Gasteiger partial charge in [0.15, 0.2) is 0 Å². The summed E-state index contributed by atoms with van der Waals surface area (Å²) in [6.07, 6.45) is 6.55. The van der Waals surface area contributed by atoms with Gasteiger partial charge in [0.25, 0.3) is 0 Å². The topological polar surface area (TPSA) is 90.5 Å². The van der Waals surface area contributed by atoms with E-state index in [4.69, 9.17) is 0 Å². The molecule has 3 amide bonds. The van der Waals surface area contributed by atoms with E-state index in [9.17, 15) is 14.4 Å². The maximum Gasteiger partial charge on any atom is 0.247 e. The Morgan fingerprint density at radius 2 is 1.88 bits per heavy atom. The normalized spacial score (nSPS) is 22.1. The number of carbonyl (C=O) groups is 3. The molecule has 1 aromatic carbocycles. The van der Waals surface area contributed by atoms with Crippen molar-refractivity contribution in [2.75, 3.05) is 13.6 Å². The van der Waals surface area contributed by atoms with Gasteiger partial charge in [0.05, 0.1) is 12.1 Å². The SMILES string of the molecule is CN[C@@H](C)C(=O)NC(C(=O)N1CC=C[C@H]1C(=O)N[C@@H]1CCCc2ccccc21)C(C)(C)C. The fourth-order valence-corrected chi connectivity index (χ4v) is 4.35. The van der Waals surface area contributed by atoms with Crippen molar-refractivity contribution >= 4 is 17.7 Å². The Balaban J connectivity index is 1.74. The van der Waals surface area contributed by atoms with E-state index in [0.717, 1.165) is 24.8 Å². The molecule has 3 rings (SSSR count). The lowest BCUT2D eigenvalue weighted by atomic mass is 9.85. The van der Waals surface area contributed by atoms with Crippen molar-refractivity contribution in [3.05, 3.63) is 47.5 Å². The van der Waals surface area contributed by atoms with E-state index >= 15 is 0 Å². The van der Waals surface area contributed by atoms with Crippen LogP contribution in [-0.4, -0.2) is 54.3 Å². The summed E-state index contributed by atoms with van der Waals surface area (Å²) in [6, 6.07) is 6.32. The molecule has 32 heavy (non-hydrogen) atoms. The molecule has 0 spiro atoms. The van der Waals surface area contributed by atoms with Crippen LogP contribution in [-0.2, 0) is 20.8 Å². The first-order valence-electron chi connectivity index (χ1n) is 11.5. The van der Waals surface area contributed by atoms with Crippen molar-refractivity contribution in [1.82, 2.24) is 20.9 Å². The van der Waals surface area contributed by atoms with Crippen LogP contribution in [0.1, 0.15) is 57.7 Å². The van der Waals surface area contributed by atoms with Gasteiger partial charge < -0.3 is 20.9 Å². The number of carbonyl (C=O) groups excluding carboxylic acids is 3. The van der Waals surface area contributed by atoms with Crippen LogP contribution in [0, 0.1) is 5.41 Å². The standard InChI is InChI=1S/C25H36N4O3/c1-16(26-5)22(30)28-21(25(2,3)4)24(32)29-15-9-14-20(29)23(31)27-19-13-8-11-17-10-6-7-12-18(17)19/h6-7,9-10,12,14,16,19-21,26H,8,11,13,15H2,1-5H3,(H,27,31)(H,28,30)/t16-,19+,20-,21?/m0/s1. The van der Waals surface area contributed by atoms with Crippen LogP contribution in [0.15, 0.2) is 36.4 Å². The van der Waals surface area contributed by atoms with Crippen molar-refractivity contribution in [2.45, 2.75) is 71.1 Å². The average Bonchev–Trinajstić information content (AvgIpc) is 3.26. The third-order valence-corrected chi connectivity index (χ3v) is 6.42. The summed E-state index contributed by atoms with van der Waals surface area (Å²) in [4.78, 5) is 40.8. The number of fused-ring (bicyclic) bond motifs is 1. The highest BCUT2D eigenvalue weighted by atomic mass is 16.2. The molecule has 0 radical (unpaired) electrons. The first kappa shape index (κ1) is 24.0. The van der Waals surface area contributed by atoms with E-state index in [1.807, 2.05) is 39.0 Å². The second kappa shape index (κ2) is 9.86. The fraction of sp³-hybridized carbons (Fsp3) is 0.560. The Bertz CT molecular complexity index is 889. The Labute approximate surface area is 191 Å². The molecule has 7 heteroatoms. The molecule has 0 saturated heterocycles. The van der Waals surface area contributed by atoms with Crippen LogP contribution >= 0.6 is 0 Å². The van der Waals surface area contributed by atoms with Gasteiger partial charge in [0, 0.05) is 6.54 Å². The Morgan fingerprint density at radius 3 is 2.56 bits per heavy atom. The largest absolute Gasteiger partial charge is 0.347 e. The van der Waals surface area contributed by atoms with Gasteiger partial charge in [0.2, 0.25) is 17.7 Å². The summed E-state index contributed by atoms with van der Waals surface area (Å²) < 4.78 is 0. The summed E-state index contributed by atoms with van der Waals surface area (Å²) in [5.74, 6) is -0.674. The minimum absolute atomic E-state index is 0.0482. The summed E-state index contributed by atoms with van der Waals surface area (Å²) in [6.45, 7) is 7.84. The summed E-state index contributed by atoms with van der Waals surface area (Å²) in [5, 5.41) is 8.95. The van der Waals surface area contributed by atoms with E-state index in [0.29, 0.717) is 6.54 Å². The zero-order valence-corrected chi connectivity index (χ0v) is 19.8. The lowest BCUT2D eigenvalue weighted by Gasteiger charge is -2.36. The van der Waals surface area contributed by atoms with Crippen LogP contribution in [0.25, 0.3) is 0 Å². The highest BCUT2D eigenvalue weighted by molar-refractivity contribution is 5.95. The molecular weight excluding hydrogens is 404 g/mol. The Kier molecular flexibility index (Phi) is 7.39. The monoisotopic (exact) mass is 440 g/mol. The predicted octanol–water partition coefficient (Wildman–Crippen LogP) is 2.09. The number of hydrogen-bond acceptors (Lipinski definition) is 4. The molecule has 0 fully saturated rings. The first-order valence-corrected chi connectivity index (χ1v) is 11.5. The zero-order valence-electron chi connectivity index (χ0n) is 19.8. The smallest absolute Gasteiger partial charge is 0.247 e. The van der Waals surface area contributed by atoms with Gasteiger partial charge in [-0.05, 0) is 49.8 Å². The van der Waals surface area contributed by atoms with E-state index in [1.54, 1.807) is 24.9 Å². The number of benzene rings is 1. The number of aryl methyl sites for hydroxylation is 1. The summed E-state index contributed by atoms with van der Waals surface area (Å²) in [7, 11) is 1.70. The minimum atomic E-state index is -0.739. The lowest BCUT2D eigenvalue weighted by molar-refractivity contribution is -0.143. The van der Waals surface area contributed by atoms with Gasteiger partial charge in [-0.15, -0.1) is 0 Å². The van der Waals surface area contributed by atoms with Gasteiger partial charge in [-0.1, -0.05) is 57.2 Å². The summed E-state index contributed by atoms with van der Waals surface area (Å²) >= 11 is 0. The number of nitrogens with zero attached hydrogens (tertiary/aromatic N) is 1. The van der Waals surface area contributed by atoms with Crippen molar-refractivity contribution in [3.63, 3.8) is 0 Å². The molecule has 0 bridgehead atoms. The summed E-state index contributed by atoms with van der Waals surface area (Å²) in [5.41, 5.74) is 1.92. The van der Waals surface area contributed by atoms with Crippen molar-refractivity contribution in [1.29, 1.82) is 0 Å². The number of rotatable bonds is 6. The van der Waals surface area contributed by atoms with Gasteiger partial charge in [-0.2, -0.15) is 0 Å². The fourth-order valence-electron chi connectivity index (χ4n) is 4.35. The van der Waals surface area contributed by atoms with Gasteiger partial charge in [0.1, 0.15) is 12.1 Å². The number of nitrogens with one attached hydrogen (secondary N) is 3. The van der Waals surface area contributed by atoms with Crippen LogP contribution in [0.4, 0.5) is 0 Å². The predicted molar refractivity (Wildman–Crippen MR) is 125 cm³/mol. The van der Waals surface area contributed by atoms with Crippen LogP contribution in [0.5, 0.6) is 0 Å². The first-order chi connectivity index (χ1) is 15.1.